The van der Waals surface area contributed by atoms with Crippen LogP contribution in [0.5, 0.6) is 0 Å². The maximum Gasteiger partial charge on any atom is 0.335 e. The third-order valence-corrected chi connectivity index (χ3v) is 2.02. The zero-order valence-corrected chi connectivity index (χ0v) is 6.97. The summed E-state index contributed by atoms with van der Waals surface area (Å²) in [4.78, 5) is 12.6. The summed E-state index contributed by atoms with van der Waals surface area (Å²) in [6, 6.07) is 0. The molecule has 0 fully saturated rings. The average molecular weight is 175 g/mol. The van der Waals surface area contributed by atoms with Gasteiger partial charge in [0.15, 0.2) is 0 Å². The van der Waals surface area contributed by atoms with Gasteiger partial charge in [0.2, 0.25) is 0 Å². The van der Waals surface area contributed by atoms with Crippen LogP contribution in [-0.4, -0.2) is 22.5 Å². The molecule has 0 atom stereocenters. The number of hydrogen-bond acceptors (Lipinski definition) is 2. The molecule has 2 aliphatic rings. The molecule has 0 unspecified atom stereocenters. The van der Waals surface area contributed by atoms with Crippen LogP contribution in [-0.2, 0) is 4.79 Å². The number of carboxylic acids is 1. The second kappa shape index (κ2) is 2.94. The van der Waals surface area contributed by atoms with Crippen LogP contribution in [0.4, 0.5) is 0 Å². The minimum Gasteiger partial charge on any atom is -0.478 e. The Morgan fingerprint density at radius 1 is 1.54 bits per heavy atom. The van der Waals surface area contributed by atoms with Crippen molar-refractivity contribution < 1.29 is 9.90 Å². The van der Waals surface area contributed by atoms with Crippen molar-refractivity contribution in [2.45, 2.75) is 0 Å². The van der Waals surface area contributed by atoms with E-state index in [4.69, 9.17) is 5.11 Å². The van der Waals surface area contributed by atoms with Crippen LogP contribution in [0.3, 0.4) is 0 Å². The van der Waals surface area contributed by atoms with Crippen LogP contribution in [0.25, 0.3) is 0 Å². The first-order valence-electron chi connectivity index (χ1n) is 4.04. The number of nitrogens with zero attached hydrogens (tertiary/aromatic N) is 1. The molecule has 0 saturated heterocycles. The molecule has 66 valence electrons. The molecule has 3 heteroatoms. The highest BCUT2D eigenvalue weighted by Crippen LogP contribution is 2.19. The number of carbonyl (C=O) groups is 1. The lowest BCUT2D eigenvalue weighted by atomic mass is 10.1. The third-order valence-electron chi connectivity index (χ3n) is 2.02. The Bertz CT molecular complexity index is 361. The standard InChI is InChI=1S/C10H9NO2/c12-10(13)8-4-6-11-5-2-1-3-9(11)7-8/h1-4,6-7H,5H2,(H,12,13). The summed E-state index contributed by atoms with van der Waals surface area (Å²) in [6.07, 6.45) is 10.9. The van der Waals surface area contributed by atoms with E-state index >= 15 is 0 Å². The van der Waals surface area contributed by atoms with E-state index in [2.05, 4.69) is 0 Å². The normalized spacial score (nSPS) is 19.2. The van der Waals surface area contributed by atoms with Crippen molar-refractivity contribution in [3.63, 3.8) is 0 Å². The fourth-order valence-electron chi connectivity index (χ4n) is 1.33. The summed E-state index contributed by atoms with van der Waals surface area (Å²) in [5.74, 6) is -0.883. The zero-order valence-electron chi connectivity index (χ0n) is 6.97. The SMILES string of the molecule is O=C(O)C1=CC2=CC=CCN2C=C1. The van der Waals surface area contributed by atoms with E-state index in [1.165, 1.54) is 0 Å². The highest BCUT2D eigenvalue weighted by atomic mass is 16.4. The minimum absolute atomic E-state index is 0.331. The predicted molar refractivity (Wildman–Crippen MR) is 48.8 cm³/mol. The van der Waals surface area contributed by atoms with Gasteiger partial charge in [0.25, 0.3) is 0 Å². The van der Waals surface area contributed by atoms with Crippen LogP contribution < -0.4 is 0 Å². The zero-order chi connectivity index (χ0) is 9.26. The molecule has 3 nitrogen and oxygen atoms in total. The van der Waals surface area contributed by atoms with Gasteiger partial charge in [0, 0.05) is 18.4 Å². The first-order chi connectivity index (χ1) is 6.27. The van der Waals surface area contributed by atoms with Crippen LogP contribution >= 0.6 is 0 Å². The van der Waals surface area contributed by atoms with E-state index in [1.54, 1.807) is 18.4 Å². The largest absolute Gasteiger partial charge is 0.478 e. The fraction of sp³-hybridized carbons (Fsp3) is 0.100. The summed E-state index contributed by atoms with van der Waals surface area (Å²) in [5.41, 5.74) is 1.26. The Morgan fingerprint density at radius 3 is 3.15 bits per heavy atom. The average Bonchev–Trinajstić information content (AvgIpc) is 2.17. The number of allylic oxidation sites excluding steroid dienone is 3. The molecule has 2 aliphatic heterocycles. The number of carboxylic acid groups (broad SMARTS) is 1. The highest BCUT2D eigenvalue weighted by molar-refractivity contribution is 5.90. The quantitative estimate of drug-likeness (QED) is 0.652. The lowest BCUT2D eigenvalue weighted by Crippen LogP contribution is -2.21. The molecule has 0 saturated carbocycles. The monoisotopic (exact) mass is 175 g/mol. The number of aliphatic carboxylic acids is 1. The van der Waals surface area contributed by atoms with Crippen molar-refractivity contribution in [1.29, 1.82) is 0 Å². The van der Waals surface area contributed by atoms with Crippen molar-refractivity contribution >= 4 is 5.97 Å². The van der Waals surface area contributed by atoms with Crippen molar-refractivity contribution in [2.75, 3.05) is 6.54 Å². The molecule has 0 bridgehead atoms. The van der Waals surface area contributed by atoms with Gasteiger partial charge < -0.3 is 10.0 Å². The molecule has 0 aromatic heterocycles. The second-order valence-corrected chi connectivity index (χ2v) is 2.89. The van der Waals surface area contributed by atoms with Crippen LogP contribution in [0.2, 0.25) is 0 Å². The molecule has 1 N–H and O–H groups in total. The van der Waals surface area contributed by atoms with Gasteiger partial charge in [0.1, 0.15) is 0 Å². The molecule has 0 aromatic carbocycles. The van der Waals surface area contributed by atoms with Crippen LogP contribution in [0.1, 0.15) is 0 Å². The van der Waals surface area contributed by atoms with E-state index < -0.39 is 5.97 Å². The third kappa shape index (κ3) is 1.40. The number of fused-ring (bicyclic) bond motifs is 1. The first-order valence-corrected chi connectivity index (χ1v) is 4.04. The van der Waals surface area contributed by atoms with Crippen LogP contribution in [0, 0.1) is 0 Å². The van der Waals surface area contributed by atoms with Gasteiger partial charge in [-0.15, -0.1) is 0 Å². The van der Waals surface area contributed by atoms with E-state index in [9.17, 15) is 4.79 Å². The predicted octanol–water partition coefficient (Wildman–Crippen LogP) is 1.28. The van der Waals surface area contributed by atoms with Gasteiger partial charge in [0.05, 0.1) is 5.57 Å². The Hall–Kier alpha value is -1.77. The maximum absolute atomic E-state index is 10.6. The molecular formula is C10H9NO2. The number of rotatable bonds is 1. The Morgan fingerprint density at radius 2 is 2.38 bits per heavy atom. The van der Waals surface area contributed by atoms with Gasteiger partial charge in [-0.05, 0) is 18.2 Å². The van der Waals surface area contributed by atoms with Gasteiger partial charge >= 0.3 is 5.97 Å². The van der Waals surface area contributed by atoms with Crippen LogP contribution in [0.15, 0.2) is 47.9 Å². The Balaban J connectivity index is 2.34. The fourth-order valence-corrected chi connectivity index (χ4v) is 1.33. The van der Waals surface area contributed by atoms with Gasteiger partial charge in [-0.3, -0.25) is 0 Å². The van der Waals surface area contributed by atoms with E-state index in [-0.39, 0.29) is 0 Å². The van der Waals surface area contributed by atoms with Crippen molar-refractivity contribution in [2.24, 2.45) is 0 Å². The van der Waals surface area contributed by atoms with E-state index in [0.29, 0.717) is 5.57 Å². The van der Waals surface area contributed by atoms with Crippen molar-refractivity contribution in [1.82, 2.24) is 4.90 Å². The van der Waals surface area contributed by atoms with Gasteiger partial charge in [-0.2, -0.15) is 0 Å². The van der Waals surface area contributed by atoms with Gasteiger partial charge in [-0.25, -0.2) is 4.79 Å². The lowest BCUT2D eigenvalue weighted by Gasteiger charge is -2.25. The molecule has 2 heterocycles. The Labute approximate surface area is 76.0 Å². The summed E-state index contributed by atoms with van der Waals surface area (Å²) in [7, 11) is 0. The molecular weight excluding hydrogens is 166 g/mol. The summed E-state index contributed by atoms with van der Waals surface area (Å²) >= 11 is 0. The number of hydrogen-bond donors (Lipinski definition) is 1. The molecule has 13 heavy (non-hydrogen) atoms. The maximum atomic E-state index is 10.6. The van der Waals surface area contributed by atoms with E-state index in [0.717, 1.165) is 12.2 Å². The highest BCUT2D eigenvalue weighted by Gasteiger charge is 2.14. The molecule has 0 aliphatic carbocycles. The summed E-state index contributed by atoms with van der Waals surface area (Å²) < 4.78 is 0. The molecule has 2 rings (SSSR count). The van der Waals surface area contributed by atoms with Gasteiger partial charge in [-0.1, -0.05) is 12.2 Å². The molecule has 0 spiro atoms. The Kier molecular flexibility index (Phi) is 1.77. The summed E-state index contributed by atoms with van der Waals surface area (Å²) in [6.45, 7) is 0.811. The van der Waals surface area contributed by atoms with E-state index in [1.807, 2.05) is 23.1 Å². The van der Waals surface area contributed by atoms with Crippen molar-refractivity contribution in [3.8, 4) is 0 Å². The second-order valence-electron chi connectivity index (χ2n) is 2.89. The van der Waals surface area contributed by atoms with Crippen molar-refractivity contribution in [3.05, 3.63) is 47.9 Å². The molecule has 0 radical (unpaired) electrons. The minimum atomic E-state index is -0.883. The molecule has 0 amide bonds. The lowest BCUT2D eigenvalue weighted by molar-refractivity contribution is -0.132. The molecule has 0 aromatic rings. The summed E-state index contributed by atoms with van der Waals surface area (Å²) in [5, 5.41) is 8.75. The smallest absolute Gasteiger partial charge is 0.335 e. The topological polar surface area (TPSA) is 40.5 Å². The first kappa shape index (κ1) is 7.86.